The zero-order valence-electron chi connectivity index (χ0n) is 22.1. The van der Waals surface area contributed by atoms with E-state index in [2.05, 4.69) is 15.3 Å². The van der Waals surface area contributed by atoms with Crippen molar-refractivity contribution >= 4 is 57.0 Å². The van der Waals surface area contributed by atoms with E-state index in [0.29, 0.717) is 33.0 Å². The smallest absolute Gasteiger partial charge is 0.283 e. The van der Waals surface area contributed by atoms with Crippen molar-refractivity contribution in [2.45, 2.75) is 6.92 Å². The molecule has 0 spiro atoms. The van der Waals surface area contributed by atoms with Crippen LogP contribution in [0.1, 0.15) is 11.1 Å². The van der Waals surface area contributed by atoms with Crippen LogP contribution in [0.4, 0.5) is 10.8 Å². The van der Waals surface area contributed by atoms with Crippen LogP contribution in [0.2, 0.25) is 0 Å². The first-order valence-corrected chi connectivity index (χ1v) is 14.2. The van der Waals surface area contributed by atoms with Gasteiger partial charge in [-0.05, 0) is 31.2 Å². The fraction of sp³-hybridized carbons (Fsp3) is 0.133. The fourth-order valence-electron chi connectivity index (χ4n) is 4.04. The van der Waals surface area contributed by atoms with E-state index in [4.69, 9.17) is 9.47 Å². The Bertz CT molecular complexity index is 1600. The van der Waals surface area contributed by atoms with Gasteiger partial charge in [-0.25, -0.2) is 9.98 Å². The Balaban J connectivity index is 1.35. The van der Waals surface area contributed by atoms with Crippen molar-refractivity contribution in [2.75, 3.05) is 30.2 Å². The molecule has 1 aliphatic heterocycles. The predicted molar refractivity (Wildman–Crippen MR) is 162 cm³/mol. The van der Waals surface area contributed by atoms with Crippen molar-refractivity contribution in [1.29, 1.82) is 0 Å². The lowest BCUT2D eigenvalue weighted by Crippen LogP contribution is -2.31. The Hall–Kier alpha value is -4.41. The van der Waals surface area contributed by atoms with Crippen molar-refractivity contribution in [1.82, 2.24) is 4.98 Å². The number of nitrogens with zero attached hydrogens (tertiary/aromatic N) is 3. The van der Waals surface area contributed by atoms with Gasteiger partial charge in [-0.1, -0.05) is 71.9 Å². The zero-order valence-corrected chi connectivity index (χ0v) is 23.7. The average Bonchev–Trinajstić information content (AvgIpc) is 3.56. The van der Waals surface area contributed by atoms with Gasteiger partial charge in [0.05, 0.1) is 31.4 Å². The molecule has 10 heteroatoms. The average molecular weight is 571 g/mol. The summed E-state index contributed by atoms with van der Waals surface area (Å²) < 4.78 is 10.9. The first kappa shape index (κ1) is 27.2. The van der Waals surface area contributed by atoms with E-state index < -0.39 is 0 Å². The Labute approximate surface area is 240 Å². The zero-order chi connectivity index (χ0) is 28.1. The molecule has 202 valence electrons. The lowest BCUT2D eigenvalue weighted by Gasteiger charge is -2.17. The molecule has 0 unspecified atom stereocenters. The summed E-state index contributed by atoms with van der Waals surface area (Å²) in [6.07, 6.45) is 1.66. The SMILES string of the molecule is COc1cccc(/C=C2\N=C(SCC(=O)Nc3nc(-c4ccc(C)cc4)cs3)N(c3ccccc3)C2=O)c1OC. The highest BCUT2D eigenvalue weighted by Gasteiger charge is 2.32. The van der Waals surface area contributed by atoms with Crippen LogP contribution < -0.4 is 19.7 Å². The molecule has 0 saturated heterocycles. The number of benzene rings is 3. The lowest BCUT2D eigenvalue weighted by molar-refractivity contribution is -0.114. The third-order valence-electron chi connectivity index (χ3n) is 6.00. The van der Waals surface area contributed by atoms with Crippen molar-refractivity contribution in [2.24, 2.45) is 4.99 Å². The van der Waals surface area contributed by atoms with Gasteiger partial charge in [0.1, 0.15) is 5.70 Å². The van der Waals surface area contributed by atoms with Crippen LogP contribution >= 0.6 is 23.1 Å². The van der Waals surface area contributed by atoms with Crippen molar-refractivity contribution in [3.8, 4) is 22.8 Å². The number of thioether (sulfide) groups is 1. The number of hydrogen-bond donors (Lipinski definition) is 1. The fourth-order valence-corrected chi connectivity index (χ4v) is 5.59. The van der Waals surface area contributed by atoms with Gasteiger partial charge in [-0.3, -0.25) is 14.5 Å². The number of methoxy groups -OCH3 is 2. The summed E-state index contributed by atoms with van der Waals surface area (Å²) in [7, 11) is 3.10. The van der Waals surface area contributed by atoms with E-state index in [1.165, 1.54) is 33.6 Å². The first-order valence-electron chi connectivity index (χ1n) is 12.3. The number of rotatable bonds is 8. The molecule has 8 nitrogen and oxygen atoms in total. The maximum Gasteiger partial charge on any atom is 0.283 e. The van der Waals surface area contributed by atoms with E-state index in [-0.39, 0.29) is 23.3 Å². The largest absolute Gasteiger partial charge is 0.493 e. The quantitative estimate of drug-likeness (QED) is 0.252. The minimum Gasteiger partial charge on any atom is -0.493 e. The summed E-state index contributed by atoms with van der Waals surface area (Å²) in [4.78, 5) is 37.0. The van der Waals surface area contributed by atoms with Crippen molar-refractivity contribution in [3.05, 3.63) is 95.0 Å². The molecule has 1 N–H and O–H groups in total. The number of ether oxygens (including phenoxy) is 2. The number of aryl methyl sites for hydroxylation is 1. The number of para-hydroxylation sites is 2. The van der Waals surface area contributed by atoms with E-state index in [9.17, 15) is 9.59 Å². The van der Waals surface area contributed by atoms with Gasteiger partial charge in [-0.2, -0.15) is 0 Å². The highest BCUT2D eigenvalue weighted by molar-refractivity contribution is 8.14. The van der Waals surface area contributed by atoms with Crippen LogP contribution in [0.25, 0.3) is 17.3 Å². The van der Waals surface area contributed by atoms with Gasteiger partial charge < -0.3 is 14.8 Å². The molecule has 0 aliphatic carbocycles. The summed E-state index contributed by atoms with van der Waals surface area (Å²) in [6.45, 7) is 2.03. The molecule has 2 amide bonds. The second-order valence-electron chi connectivity index (χ2n) is 8.72. The topological polar surface area (TPSA) is 93.1 Å². The number of carbonyl (C=O) groups excluding carboxylic acids is 2. The first-order chi connectivity index (χ1) is 19.5. The molecule has 40 heavy (non-hydrogen) atoms. The van der Waals surface area contributed by atoms with Gasteiger partial charge in [-0.15, -0.1) is 11.3 Å². The number of amides is 2. The Morgan fingerprint density at radius 2 is 1.80 bits per heavy atom. The molecule has 1 aromatic heterocycles. The molecule has 0 saturated carbocycles. The number of thiazole rings is 1. The monoisotopic (exact) mass is 570 g/mol. The molecule has 0 fully saturated rings. The van der Waals surface area contributed by atoms with Crippen LogP contribution in [0.15, 0.2) is 88.9 Å². The highest BCUT2D eigenvalue weighted by Crippen LogP contribution is 2.35. The van der Waals surface area contributed by atoms with Gasteiger partial charge in [0.2, 0.25) is 5.91 Å². The Morgan fingerprint density at radius 3 is 2.52 bits per heavy atom. The molecule has 1 aliphatic rings. The van der Waals surface area contributed by atoms with Gasteiger partial charge in [0.25, 0.3) is 5.91 Å². The maximum absolute atomic E-state index is 13.5. The Morgan fingerprint density at radius 1 is 1.02 bits per heavy atom. The molecule has 2 heterocycles. The van der Waals surface area contributed by atoms with E-state index in [0.717, 1.165) is 11.3 Å². The lowest BCUT2D eigenvalue weighted by atomic mass is 10.1. The summed E-state index contributed by atoms with van der Waals surface area (Å²) in [6, 6.07) is 22.7. The normalized spacial score (nSPS) is 13.9. The predicted octanol–water partition coefficient (Wildman–Crippen LogP) is 6.25. The van der Waals surface area contributed by atoms with Gasteiger partial charge in [0.15, 0.2) is 21.8 Å². The molecular weight excluding hydrogens is 544 g/mol. The minimum absolute atomic E-state index is 0.0463. The van der Waals surface area contributed by atoms with Gasteiger partial charge in [0, 0.05) is 16.5 Å². The van der Waals surface area contributed by atoms with Gasteiger partial charge >= 0.3 is 0 Å². The number of hydrogen-bond acceptors (Lipinski definition) is 8. The number of amidine groups is 1. The summed E-state index contributed by atoms with van der Waals surface area (Å²) >= 11 is 2.54. The molecule has 0 bridgehead atoms. The van der Waals surface area contributed by atoms with Crippen LogP contribution in [0.3, 0.4) is 0 Å². The summed E-state index contributed by atoms with van der Waals surface area (Å²) in [5, 5.41) is 5.68. The van der Waals surface area contributed by atoms with E-state index in [1.807, 2.05) is 79.0 Å². The molecule has 3 aromatic carbocycles. The molecule has 4 aromatic rings. The molecule has 5 rings (SSSR count). The van der Waals surface area contributed by atoms with E-state index >= 15 is 0 Å². The second-order valence-corrected chi connectivity index (χ2v) is 10.5. The molecule has 0 atom stereocenters. The van der Waals surface area contributed by atoms with Crippen LogP contribution in [0, 0.1) is 6.92 Å². The molecular formula is C30H26N4O4S2. The Kier molecular flexibility index (Phi) is 8.28. The van der Waals surface area contributed by atoms with Crippen LogP contribution in [-0.4, -0.2) is 41.9 Å². The van der Waals surface area contributed by atoms with Crippen molar-refractivity contribution in [3.63, 3.8) is 0 Å². The third-order valence-corrected chi connectivity index (χ3v) is 7.70. The number of carbonyl (C=O) groups is 2. The summed E-state index contributed by atoms with van der Waals surface area (Å²) in [5.74, 6) is 0.544. The van der Waals surface area contributed by atoms with Crippen molar-refractivity contribution < 1.29 is 19.1 Å². The maximum atomic E-state index is 13.5. The third kappa shape index (κ3) is 5.93. The number of aliphatic imine (C=N–C) groups is 1. The highest BCUT2D eigenvalue weighted by atomic mass is 32.2. The van der Waals surface area contributed by atoms with Crippen LogP contribution in [0.5, 0.6) is 11.5 Å². The second kappa shape index (κ2) is 12.2. The molecule has 0 radical (unpaired) electrons. The van der Waals surface area contributed by atoms with Crippen LogP contribution in [-0.2, 0) is 9.59 Å². The van der Waals surface area contributed by atoms with E-state index in [1.54, 1.807) is 26.4 Å². The summed E-state index contributed by atoms with van der Waals surface area (Å²) in [5.41, 5.74) is 4.49. The number of anilines is 2. The minimum atomic E-state index is -0.304. The number of nitrogens with one attached hydrogen (secondary N) is 1. The number of aromatic nitrogens is 1. The standard InChI is InChI=1S/C30H26N4O4S2/c1-19-12-14-20(15-13-19)24-17-39-29(31-24)33-26(35)18-40-30-32-23(28(36)34(30)22-9-5-4-6-10-22)16-21-8-7-11-25(37-2)27(21)38-3/h4-17H,18H2,1-3H3,(H,31,33,35)/b23-16-.